The summed E-state index contributed by atoms with van der Waals surface area (Å²) >= 11 is 1.66. The lowest BCUT2D eigenvalue weighted by Crippen LogP contribution is -2.44. The first-order valence-corrected chi connectivity index (χ1v) is 15.2. The van der Waals surface area contributed by atoms with Gasteiger partial charge in [0.1, 0.15) is 11.9 Å². The number of pyridine rings is 1. The van der Waals surface area contributed by atoms with E-state index in [0.29, 0.717) is 0 Å². The van der Waals surface area contributed by atoms with E-state index in [4.69, 9.17) is 0 Å². The molecule has 0 saturated heterocycles. The van der Waals surface area contributed by atoms with E-state index in [2.05, 4.69) is 55.5 Å². The average molecular weight is 528 g/mol. The van der Waals surface area contributed by atoms with Gasteiger partial charge in [-0.25, -0.2) is 9.97 Å². The molecule has 1 atom stereocenters. The lowest BCUT2D eigenvalue weighted by atomic mass is 9.85. The third kappa shape index (κ3) is 4.76. The Morgan fingerprint density at radius 1 is 1.11 bits per heavy atom. The highest BCUT2D eigenvalue weighted by Crippen LogP contribution is 2.55. The molecule has 3 N–H and O–H groups in total. The molecule has 6 nitrogen and oxygen atoms in total. The molecule has 0 radical (unpaired) electrons. The summed E-state index contributed by atoms with van der Waals surface area (Å²) in [5.74, 6) is 0.816. The number of rotatable bonds is 7. The van der Waals surface area contributed by atoms with E-state index in [1.807, 2.05) is 17.8 Å². The third-order valence-corrected chi connectivity index (χ3v) is 9.98. The molecule has 2 aliphatic carbocycles. The molecule has 4 aromatic rings. The van der Waals surface area contributed by atoms with Crippen molar-refractivity contribution in [1.82, 2.24) is 19.9 Å². The Morgan fingerprint density at radius 2 is 1.97 bits per heavy atom. The van der Waals surface area contributed by atoms with Gasteiger partial charge in [0, 0.05) is 41.5 Å². The fraction of sp³-hybridized carbons (Fsp3) is 0.484. The van der Waals surface area contributed by atoms with E-state index < -0.39 is 0 Å². The molecule has 1 unspecified atom stereocenters. The van der Waals surface area contributed by atoms with Crippen molar-refractivity contribution < 1.29 is 5.11 Å². The number of aliphatic hydroxyl groups excluding tert-OH is 1. The predicted octanol–water partition coefficient (Wildman–Crippen LogP) is 7.46. The van der Waals surface area contributed by atoms with Crippen LogP contribution in [0.5, 0.6) is 0 Å². The largest absolute Gasteiger partial charge is 0.378 e. The minimum Gasteiger partial charge on any atom is -0.378 e. The van der Waals surface area contributed by atoms with E-state index in [-0.39, 0.29) is 11.6 Å². The van der Waals surface area contributed by atoms with Crippen LogP contribution in [0.3, 0.4) is 0 Å². The van der Waals surface area contributed by atoms with Gasteiger partial charge < -0.3 is 15.4 Å². The van der Waals surface area contributed by atoms with Gasteiger partial charge in [-0.1, -0.05) is 44.6 Å². The number of aromatic amines is 1. The second-order valence-electron chi connectivity index (χ2n) is 11.7. The van der Waals surface area contributed by atoms with Crippen LogP contribution in [0.15, 0.2) is 48.1 Å². The van der Waals surface area contributed by atoms with Crippen molar-refractivity contribution in [2.75, 3.05) is 18.4 Å². The van der Waals surface area contributed by atoms with Crippen LogP contribution in [0, 0.1) is 11.3 Å². The Labute approximate surface area is 228 Å². The standard InChI is InChI=1S/C31H37N5OS/c37-30(31(12-13-31)19-21-5-3-1-2-4-6-21)36-15-10-22(11-16-36)27-18-24-25(9-14-32-29(24)35-27)34-23-7-8-26-28(17-23)38-20-33-26/h7-10,14,17-18,20-21,30,37H,1-6,11-13,15-16,19H2,(H2,32,34,35). The van der Waals surface area contributed by atoms with Crippen LogP contribution in [0.25, 0.3) is 26.8 Å². The molecule has 1 aromatic carbocycles. The average Bonchev–Trinajstić information content (AvgIpc) is 3.46. The van der Waals surface area contributed by atoms with Gasteiger partial charge in [-0.3, -0.25) is 4.90 Å². The summed E-state index contributed by atoms with van der Waals surface area (Å²) in [6.07, 6.45) is 16.7. The number of H-pyrrole nitrogens is 1. The van der Waals surface area contributed by atoms with Crippen molar-refractivity contribution in [3.05, 3.63) is 53.8 Å². The summed E-state index contributed by atoms with van der Waals surface area (Å²) < 4.78 is 1.18. The molecule has 3 aromatic heterocycles. The van der Waals surface area contributed by atoms with E-state index in [1.54, 1.807) is 11.3 Å². The summed E-state index contributed by atoms with van der Waals surface area (Å²) in [5, 5.41) is 16.1. The van der Waals surface area contributed by atoms with Crippen molar-refractivity contribution in [2.24, 2.45) is 11.3 Å². The van der Waals surface area contributed by atoms with Gasteiger partial charge in [-0.05, 0) is 67.5 Å². The third-order valence-electron chi connectivity index (χ3n) is 9.18. The normalized spacial score (nSPS) is 21.3. The van der Waals surface area contributed by atoms with Crippen molar-refractivity contribution in [3.8, 4) is 0 Å². The van der Waals surface area contributed by atoms with Crippen molar-refractivity contribution in [3.63, 3.8) is 0 Å². The number of aromatic nitrogens is 3. The van der Waals surface area contributed by atoms with Crippen LogP contribution in [0.1, 0.15) is 69.9 Å². The number of nitrogens with zero attached hydrogens (tertiary/aromatic N) is 3. The highest BCUT2D eigenvalue weighted by atomic mass is 32.1. The smallest absolute Gasteiger partial charge is 0.139 e. The molecule has 0 spiro atoms. The van der Waals surface area contributed by atoms with Gasteiger partial charge in [0.2, 0.25) is 0 Å². The fourth-order valence-electron chi connectivity index (χ4n) is 6.81. The number of anilines is 2. The van der Waals surface area contributed by atoms with Crippen LogP contribution in [0.2, 0.25) is 0 Å². The van der Waals surface area contributed by atoms with Gasteiger partial charge in [0.05, 0.1) is 21.4 Å². The summed E-state index contributed by atoms with van der Waals surface area (Å²) in [5.41, 5.74) is 8.51. The molecule has 2 saturated carbocycles. The van der Waals surface area contributed by atoms with Gasteiger partial charge in [0.25, 0.3) is 0 Å². The fourth-order valence-corrected chi connectivity index (χ4v) is 7.52. The number of aliphatic hydroxyl groups is 1. The van der Waals surface area contributed by atoms with Crippen LogP contribution >= 0.6 is 11.3 Å². The first kappa shape index (κ1) is 24.3. The summed E-state index contributed by atoms with van der Waals surface area (Å²) in [6.45, 7) is 1.72. The first-order valence-electron chi connectivity index (χ1n) is 14.4. The predicted molar refractivity (Wildman–Crippen MR) is 157 cm³/mol. The Kier molecular flexibility index (Phi) is 6.46. The molecule has 7 rings (SSSR count). The van der Waals surface area contributed by atoms with Crippen molar-refractivity contribution >= 4 is 49.5 Å². The minimum absolute atomic E-state index is 0.147. The zero-order valence-corrected chi connectivity index (χ0v) is 22.8. The zero-order chi connectivity index (χ0) is 25.5. The molecule has 1 aliphatic heterocycles. The van der Waals surface area contributed by atoms with Crippen molar-refractivity contribution in [2.45, 2.75) is 70.4 Å². The molecular formula is C31H37N5OS. The molecule has 4 heterocycles. The highest BCUT2D eigenvalue weighted by molar-refractivity contribution is 7.16. The van der Waals surface area contributed by atoms with Gasteiger partial charge >= 0.3 is 0 Å². The number of nitrogens with one attached hydrogen (secondary N) is 2. The maximum Gasteiger partial charge on any atom is 0.139 e. The Bertz CT molecular complexity index is 1460. The molecule has 0 bridgehead atoms. The van der Waals surface area contributed by atoms with Gasteiger partial charge in [-0.2, -0.15) is 0 Å². The monoisotopic (exact) mass is 527 g/mol. The molecule has 0 amide bonds. The van der Waals surface area contributed by atoms with Crippen LogP contribution in [-0.4, -0.2) is 44.3 Å². The number of thiazole rings is 1. The molecule has 38 heavy (non-hydrogen) atoms. The van der Waals surface area contributed by atoms with Crippen LogP contribution < -0.4 is 5.32 Å². The highest BCUT2D eigenvalue weighted by Gasteiger charge is 2.51. The number of benzene rings is 1. The Hall–Kier alpha value is -2.74. The second-order valence-corrected chi connectivity index (χ2v) is 12.6. The minimum atomic E-state index is -0.306. The van der Waals surface area contributed by atoms with E-state index in [0.717, 1.165) is 59.0 Å². The number of hydrogen-bond acceptors (Lipinski definition) is 6. The number of hydrogen-bond donors (Lipinski definition) is 3. The number of fused-ring (bicyclic) bond motifs is 2. The summed E-state index contributed by atoms with van der Waals surface area (Å²) in [4.78, 5) is 14.9. The quantitative estimate of drug-likeness (QED) is 0.217. The van der Waals surface area contributed by atoms with Crippen molar-refractivity contribution in [1.29, 1.82) is 0 Å². The van der Waals surface area contributed by atoms with Crippen LogP contribution in [0.4, 0.5) is 11.4 Å². The summed E-state index contributed by atoms with van der Waals surface area (Å²) in [6, 6.07) is 10.5. The van der Waals surface area contributed by atoms with Gasteiger partial charge in [-0.15, -0.1) is 11.3 Å². The van der Waals surface area contributed by atoms with E-state index >= 15 is 0 Å². The molecule has 7 heteroatoms. The lowest BCUT2D eigenvalue weighted by Gasteiger charge is -2.37. The molecule has 2 fully saturated rings. The molecular weight excluding hydrogens is 490 g/mol. The lowest BCUT2D eigenvalue weighted by molar-refractivity contribution is -0.0543. The Balaban J connectivity index is 1.05. The van der Waals surface area contributed by atoms with E-state index in [9.17, 15) is 5.11 Å². The topological polar surface area (TPSA) is 77.1 Å². The molecule has 3 aliphatic rings. The maximum atomic E-state index is 11.4. The Morgan fingerprint density at radius 3 is 2.76 bits per heavy atom. The summed E-state index contributed by atoms with van der Waals surface area (Å²) in [7, 11) is 0. The molecule has 198 valence electrons. The van der Waals surface area contributed by atoms with Crippen LogP contribution in [-0.2, 0) is 0 Å². The SMILES string of the molecule is OC(N1CC=C(c2cc3c(Nc4ccc5ncsc5c4)ccnc3[nH]2)CC1)C1(CC2CCCCCC2)CC1. The maximum absolute atomic E-state index is 11.4. The van der Waals surface area contributed by atoms with Gasteiger partial charge in [0.15, 0.2) is 0 Å². The first-order chi connectivity index (χ1) is 18.7. The van der Waals surface area contributed by atoms with E-state index in [1.165, 1.54) is 68.1 Å². The second kappa shape index (κ2) is 10.1. The zero-order valence-electron chi connectivity index (χ0n) is 22.0.